The van der Waals surface area contributed by atoms with E-state index in [0.29, 0.717) is 18.0 Å². The van der Waals surface area contributed by atoms with Gasteiger partial charge < -0.3 is 15.7 Å². The van der Waals surface area contributed by atoms with Gasteiger partial charge in [-0.15, -0.1) is 0 Å². The highest BCUT2D eigenvalue weighted by Gasteiger charge is 2.31. The fourth-order valence-corrected chi connectivity index (χ4v) is 3.43. The molecule has 3 rings (SSSR count). The van der Waals surface area contributed by atoms with Crippen molar-refractivity contribution in [2.75, 3.05) is 24.6 Å². The van der Waals surface area contributed by atoms with E-state index in [9.17, 15) is 9.90 Å². The van der Waals surface area contributed by atoms with Crippen molar-refractivity contribution in [3.8, 4) is 0 Å². The summed E-state index contributed by atoms with van der Waals surface area (Å²) < 4.78 is 0. The van der Waals surface area contributed by atoms with Crippen LogP contribution in [0.5, 0.6) is 0 Å². The molecule has 3 N–H and O–H groups in total. The zero-order chi connectivity index (χ0) is 16.2. The molecule has 2 aromatic rings. The SMILES string of the molecule is NC(=O)c1cnccc1N1CC[C@@H](c2ccccc2)[C@@H](CO)C1. The molecular formula is C18H21N3O2. The van der Waals surface area contributed by atoms with E-state index < -0.39 is 5.91 Å². The minimum Gasteiger partial charge on any atom is -0.396 e. The Balaban J connectivity index is 1.83. The van der Waals surface area contributed by atoms with Crippen LogP contribution in [0.3, 0.4) is 0 Å². The predicted octanol–water partition coefficient (Wildman–Crippen LogP) is 1.78. The molecule has 0 unspecified atom stereocenters. The Labute approximate surface area is 135 Å². The molecule has 0 aliphatic carbocycles. The van der Waals surface area contributed by atoms with Gasteiger partial charge in [0.15, 0.2) is 0 Å². The molecule has 23 heavy (non-hydrogen) atoms. The normalized spacial score (nSPS) is 21.2. The van der Waals surface area contributed by atoms with Crippen LogP contribution in [0.25, 0.3) is 0 Å². The highest BCUT2D eigenvalue weighted by molar-refractivity contribution is 5.98. The van der Waals surface area contributed by atoms with E-state index in [1.165, 1.54) is 11.8 Å². The summed E-state index contributed by atoms with van der Waals surface area (Å²) in [5, 5.41) is 9.84. The molecule has 2 heterocycles. The molecule has 1 aliphatic heterocycles. The molecule has 1 amide bonds. The molecule has 120 valence electrons. The van der Waals surface area contributed by atoms with Gasteiger partial charge in [-0.3, -0.25) is 9.78 Å². The summed E-state index contributed by atoms with van der Waals surface area (Å²) in [4.78, 5) is 17.7. The fraction of sp³-hybridized carbons (Fsp3) is 0.333. The third-order valence-electron chi connectivity index (χ3n) is 4.60. The molecule has 1 aromatic heterocycles. The van der Waals surface area contributed by atoms with Crippen LogP contribution in [0, 0.1) is 5.92 Å². The summed E-state index contributed by atoms with van der Waals surface area (Å²) in [7, 11) is 0. The van der Waals surface area contributed by atoms with Crippen LogP contribution < -0.4 is 10.6 Å². The largest absolute Gasteiger partial charge is 0.396 e. The summed E-state index contributed by atoms with van der Waals surface area (Å²) >= 11 is 0. The van der Waals surface area contributed by atoms with Crippen LogP contribution in [0.4, 0.5) is 5.69 Å². The summed E-state index contributed by atoms with van der Waals surface area (Å²) in [6.45, 7) is 1.63. The standard InChI is InChI=1S/C18H21N3O2/c19-18(23)16-10-20-8-6-17(16)21-9-7-15(14(11-21)12-22)13-4-2-1-3-5-13/h1-6,8,10,14-15,22H,7,9,11-12H2,(H2,19,23)/t14-,15+/m1/s1. The number of amides is 1. The van der Waals surface area contributed by atoms with E-state index in [-0.39, 0.29) is 12.5 Å². The molecule has 2 atom stereocenters. The van der Waals surface area contributed by atoms with E-state index >= 15 is 0 Å². The second-order valence-electron chi connectivity index (χ2n) is 5.95. The Hall–Kier alpha value is -2.40. The quantitative estimate of drug-likeness (QED) is 0.902. The molecular weight excluding hydrogens is 290 g/mol. The van der Waals surface area contributed by atoms with Gasteiger partial charge in [0.05, 0.1) is 11.3 Å². The van der Waals surface area contributed by atoms with Crippen molar-refractivity contribution in [3.05, 3.63) is 59.9 Å². The monoisotopic (exact) mass is 311 g/mol. The molecule has 0 saturated carbocycles. The number of pyridine rings is 1. The number of benzene rings is 1. The Morgan fingerprint density at radius 2 is 2.09 bits per heavy atom. The molecule has 0 bridgehead atoms. The van der Waals surface area contributed by atoms with Gasteiger partial charge in [-0.05, 0) is 24.0 Å². The number of aliphatic hydroxyl groups is 1. The van der Waals surface area contributed by atoms with Crippen molar-refractivity contribution in [1.29, 1.82) is 0 Å². The summed E-state index contributed by atoms with van der Waals surface area (Å²) in [6.07, 6.45) is 4.10. The number of anilines is 1. The van der Waals surface area contributed by atoms with E-state index in [0.717, 1.165) is 18.7 Å². The zero-order valence-corrected chi connectivity index (χ0v) is 12.9. The Morgan fingerprint density at radius 1 is 1.30 bits per heavy atom. The predicted molar refractivity (Wildman–Crippen MR) is 89.3 cm³/mol. The first kappa shape index (κ1) is 15.5. The maximum Gasteiger partial charge on any atom is 0.252 e. The van der Waals surface area contributed by atoms with Crippen LogP contribution in [-0.4, -0.2) is 35.7 Å². The van der Waals surface area contributed by atoms with Gasteiger partial charge in [-0.1, -0.05) is 30.3 Å². The van der Waals surface area contributed by atoms with E-state index in [1.54, 1.807) is 6.20 Å². The lowest BCUT2D eigenvalue weighted by molar-refractivity contribution is 0.1000. The highest BCUT2D eigenvalue weighted by Crippen LogP contribution is 2.35. The van der Waals surface area contributed by atoms with E-state index in [4.69, 9.17) is 5.73 Å². The lowest BCUT2D eigenvalue weighted by Gasteiger charge is -2.39. The average Bonchev–Trinajstić information content (AvgIpc) is 2.62. The number of aromatic nitrogens is 1. The summed E-state index contributed by atoms with van der Waals surface area (Å²) in [6, 6.07) is 12.1. The van der Waals surface area contributed by atoms with Gasteiger partial charge in [0.2, 0.25) is 0 Å². The third kappa shape index (κ3) is 3.19. The van der Waals surface area contributed by atoms with Gasteiger partial charge in [-0.25, -0.2) is 0 Å². The molecule has 1 saturated heterocycles. The Bertz CT molecular complexity index is 675. The van der Waals surface area contributed by atoms with Gasteiger partial charge in [0, 0.05) is 38.0 Å². The first-order valence-electron chi connectivity index (χ1n) is 7.85. The number of primary amides is 1. The fourth-order valence-electron chi connectivity index (χ4n) is 3.43. The van der Waals surface area contributed by atoms with Crippen molar-refractivity contribution in [3.63, 3.8) is 0 Å². The molecule has 0 radical (unpaired) electrons. The number of piperidine rings is 1. The number of nitrogens with zero attached hydrogens (tertiary/aromatic N) is 2. The van der Waals surface area contributed by atoms with Crippen LogP contribution in [0.1, 0.15) is 28.3 Å². The number of rotatable bonds is 4. The van der Waals surface area contributed by atoms with Gasteiger partial charge in [-0.2, -0.15) is 0 Å². The maximum atomic E-state index is 11.6. The molecule has 1 aliphatic rings. The van der Waals surface area contributed by atoms with Gasteiger partial charge >= 0.3 is 0 Å². The second kappa shape index (κ2) is 6.79. The maximum absolute atomic E-state index is 11.6. The zero-order valence-electron chi connectivity index (χ0n) is 12.9. The number of aliphatic hydroxyl groups excluding tert-OH is 1. The highest BCUT2D eigenvalue weighted by atomic mass is 16.3. The molecule has 5 nitrogen and oxygen atoms in total. The number of hydrogen-bond donors (Lipinski definition) is 2. The summed E-state index contributed by atoms with van der Waals surface area (Å²) in [5.74, 6) is -0.0183. The number of carbonyl (C=O) groups excluding carboxylic acids is 1. The van der Waals surface area contributed by atoms with Crippen LogP contribution in [0.2, 0.25) is 0 Å². The van der Waals surface area contributed by atoms with Crippen molar-refractivity contribution in [2.24, 2.45) is 11.7 Å². The van der Waals surface area contributed by atoms with Crippen LogP contribution in [-0.2, 0) is 0 Å². The van der Waals surface area contributed by atoms with Crippen LogP contribution >= 0.6 is 0 Å². The minimum absolute atomic E-state index is 0.118. The first-order valence-corrected chi connectivity index (χ1v) is 7.85. The average molecular weight is 311 g/mol. The van der Waals surface area contributed by atoms with Gasteiger partial charge in [0.25, 0.3) is 5.91 Å². The second-order valence-corrected chi connectivity index (χ2v) is 5.95. The van der Waals surface area contributed by atoms with Crippen molar-refractivity contribution in [2.45, 2.75) is 12.3 Å². The topological polar surface area (TPSA) is 79.5 Å². The van der Waals surface area contributed by atoms with Crippen molar-refractivity contribution >= 4 is 11.6 Å². The third-order valence-corrected chi connectivity index (χ3v) is 4.60. The first-order chi connectivity index (χ1) is 11.2. The number of nitrogens with two attached hydrogens (primary N) is 1. The summed E-state index contributed by atoms with van der Waals surface area (Å²) in [5.41, 5.74) is 7.95. The molecule has 1 aromatic carbocycles. The molecule has 1 fully saturated rings. The van der Waals surface area contributed by atoms with E-state index in [2.05, 4.69) is 22.0 Å². The van der Waals surface area contributed by atoms with E-state index in [1.807, 2.05) is 24.3 Å². The van der Waals surface area contributed by atoms with Crippen molar-refractivity contribution in [1.82, 2.24) is 4.98 Å². The smallest absolute Gasteiger partial charge is 0.252 e. The number of carbonyl (C=O) groups is 1. The molecule has 0 spiro atoms. The van der Waals surface area contributed by atoms with Crippen LogP contribution in [0.15, 0.2) is 48.8 Å². The Morgan fingerprint density at radius 3 is 2.78 bits per heavy atom. The van der Waals surface area contributed by atoms with Crippen molar-refractivity contribution < 1.29 is 9.90 Å². The van der Waals surface area contributed by atoms with Gasteiger partial charge in [0.1, 0.15) is 0 Å². The molecule has 5 heteroatoms. The Kier molecular flexibility index (Phi) is 4.57. The number of hydrogen-bond acceptors (Lipinski definition) is 4. The lowest BCUT2D eigenvalue weighted by atomic mass is 9.80. The lowest BCUT2D eigenvalue weighted by Crippen LogP contribution is -2.42. The minimum atomic E-state index is -0.473.